The second-order valence-electron chi connectivity index (χ2n) is 6.03. The van der Waals surface area contributed by atoms with Crippen LogP contribution in [0.5, 0.6) is 0 Å². The van der Waals surface area contributed by atoms with Crippen LogP contribution in [0.15, 0.2) is 34.4 Å². The third kappa shape index (κ3) is 5.02. The van der Waals surface area contributed by atoms with E-state index >= 15 is 0 Å². The molecule has 2 N–H and O–H groups in total. The SMILES string of the molecule is CON(Cc1ccc(F)cc1SC)C(=O)C1=C(O)C(=O)N(CCCC(=O)O)C1. The Bertz CT molecular complexity index is 813. The number of aliphatic carboxylic acids is 1. The maximum Gasteiger partial charge on any atom is 0.303 e. The fourth-order valence-corrected chi connectivity index (χ4v) is 3.39. The Hall–Kier alpha value is -2.59. The number of nitrogens with zero attached hydrogens (tertiary/aromatic N) is 2. The monoisotopic (exact) mass is 412 g/mol. The van der Waals surface area contributed by atoms with Crippen molar-refractivity contribution in [1.29, 1.82) is 0 Å². The lowest BCUT2D eigenvalue weighted by Gasteiger charge is -2.22. The Morgan fingerprint density at radius 2 is 2.11 bits per heavy atom. The summed E-state index contributed by atoms with van der Waals surface area (Å²) in [6.45, 7) is -0.0366. The molecule has 0 aromatic heterocycles. The average Bonchev–Trinajstić information content (AvgIpc) is 2.94. The van der Waals surface area contributed by atoms with E-state index in [1.54, 1.807) is 6.26 Å². The van der Waals surface area contributed by atoms with Crippen LogP contribution in [0.1, 0.15) is 18.4 Å². The summed E-state index contributed by atoms with van der Waals surface area (Å²) in [4.78, 5) is 42.4. The van der Waals surface area contributed by atoms with Crippen LogP contribution in [-0.4, -0.2) is 64.4 Å². The van der Waals surface area contributed by atoms with Gasteiger partial charge in [0, 0.05) is 17.9 Å². The molecule has 2 amide bonds. The van der Waals surface area contributed by atoms with Crippen LogP contribution in [0.25, 0.3) is 0 Å². The number of carbonyl (C=O) groups is 3. The summed E-state index contributed by atoms with van der Waals surface area (Å²) in [5.74, 6) is -3.48. The number of hydroxylamine groups is 2. The standard InChI is InChI=1S/C18H21FN2O6S/c1-27-21(9-11-5-6-12(19)8-14(11)28-2)17(25)13-10-20(18(26)16(13)24)7-3-4-15(22)23/h5-6,8,24H,3-4,7,9-10H2,1-2H3,(H,22,23). The number of rotatable bonds is 9. The first-order valence-electron chi connectivity index (χ1n) is 8.40. The van der Waals surface area contributed by atoms with E-state index in [4.69, 9.17) is 9.94 Å². The lowest BCUT2D eigenvalue weighted by atomic mass is 10.2. The molecule has 0 aliphatic carbocycles. The molecule has 1 aromatic rings. The van der Waals surface area contributed by atoms with Crippen molar-refractivity contribution >= 4 is 29.5 Å². The van der Waals surface area contributed by atoms with Crippen molar-refractivity contribution in [3.63, 3.8) is 0 Å². The highest BCUT2D eigenvalue weighted by atomic mass is 32.2. The van der Waals surface area contributed by atoms with Crippen molar-refractivity contribution in [1.82, 2.24) is 9.96 Å². The maximum atomic E-state index is 13.4. The number of carboxylic acid groups (broad SMARTS) is 1. The molecule has 28 heavy (non-hydrogen) atoms. The van der Waals surface area contributed by atoms with E-state index in [1.807, 2.05) is 0 Å². The van der Waals surface area contributed by atoms with Crippen LogP contribution in [0.3, 0.4) is 0 Å². The predicted molar refractivity (Wildman–Crippen MR) is 98.8 cm³/mol. The van der Waals surface area contributed by atoms with Gasteiger partial charge in [0.2, 0.25) is 0 Å². The fraction of sp³-hybridized carbons (Fsp3) is 0.389. The second kappa shape index (κ2) is 9.56. The van der Waals surface area contributed by atoms with Crippen molar-refractivity contribution < 1.29 is 33.8 Å². The van der Waals surface area contributed by atoms with E-state index in [-0.39, 0.29) is 38.0 Å². The number of amides is 2. The number of thioether (sulfide) groups is 1. The summed E-state index contributed by atoms with van der Waals surface area (Å²) in [6, 6.07) is 4.15. The van der Waals surface area contributed by atoms with Crippen LogP contribution in [0.4, 0.5) is 4.39 Å². The number of aliphatic hydroxyl groups excluding tert-OH is 1. The van der Waals surface area contributed by atoms with Gasteiger partial charge in [0.1, 0.15) is 5.82 Å². The van der Waals surface area contributed by atoms with Crippen LogP contribution in [0, 0.1) is 5.82 Å². The predicted octanol–water partition coefficient (Wildman–Crippen LogP) is 1.96. The first kappa shape index (κ1) is 21.7. The first-order valence-corrected chi connectivity index (χ1v) is 9.62. The first-order chi connectivity index (χ1) is 13.3. The number of halogens is 1. The van der Waals surface area contributed by atoms with Gasteiger partial charge in [0.25, 0.3) is 11.8 Å². The van der Waals surface area contributed by atoms with Gasteiger partial charge in [0.05, 0.1) is 25.8 Å². The number of hydrogen-bond acceptors (Lipinski definition) is 6. The summed E-state index contributed by atoms with van der Waals surface area (Å²) in [6.07, 6.45) is 1.85. The molecule has 152 valence electrons. The number of benzene rings is 1. The second-order valence-corrected chi connectivity index (χ2v) is 6.88. The molecule has 0 atom stereocenters. The molecule has 0 saturated heterocycles. The van der Waals surface area contributed by atoms with Crippen LogP contribution in [0.2, 0.25) is 0 Å². The Morgan fingerprint density at radius 3 is 2.71 bits per heavy atom. The highest BCUT2D eigenvalue weighted by molar-refractivity contribution is 7.98. The summed E-state index contributed by atoms with van der Waals surface area (Å²) < 4.78 is 13.4. The minimum absolute atomic E-state index is 0.00420. The third-order valence-electron chi connectivity index (χ3n) is 4.21. The summed E-state index contributed by atoms with van der Waals surface area (Å²) >= 11 is 1.31. The van der Waals surface area contributed by atoms with Crippen molar-refractivity contribution in [2.24, 2.45) is 0 Å². The van der Waals surface area contributed by atoms with E-state index in [9.17, 15) is 23.9 Å². The van der Waals surface area contributed by atoms with E-state index < -0.39 is 29.4 Å². The van der Waals surface area contributed by atoms with Gasteiger partial charge < -0.3 is 15.1 Å². The molecular formula is C18H21FN2O6S. The molecule has 0 unspecified atom stereocenters. The Labute approximate surface area is 165 Å². The van der Waals surface area contributed by atoms with Gasteiger partial charge in [0.15, 0.2) is 5.76 Å². The maximum absolute atomic E-state index is 13.4. The van der Waals surface area contributed by atoms with Crippen molar-refractivity contribution in [2.45, 2.75) is 24.3 Å². The zero-order valence-corrected chi connectivity index (χ0v) is 16.3. The lowest BCUT2D eigenvalue weighted by Crippen LogP contribution is -2.33. The molecule has 1 heterocycles. The molecule has 10 heteroatoms. The topological polar surface area (TPSA) is 107 Å². The van der Waals surface area contributed by atoms with Gasteiger partial charge in [-0.3, -0.25) is 19.2 Å². The van der Waals surface area contributed by atoms with Gasteiger partial charge in [-0.2, -0.15) is 0 Å². The van der Waals surface area contributed by atoms with Crippen LogP contribution in [-0.2, 0) is 25.8 Å². The molecule has 1 aromatic carbocycles. The third-order valence-corrected chi connectivity index (χ3v) is 5.03. The van der Waals surface area contributed by atoms with Gasteiger partial charge in [-0.15, -0.1) is 11.8 Å². The number of aliphatic hydroxyl groups is 1. The molecule has 2 rings (SSSR count). The largest absolute Gasteiger partial charge is 0.503 e. The highest BCUT2D eigenvalue weighted by Gasteiger charge is 2.36. The Morgan fingerprint density at radius 1 is 1.39 bits per heavy atom. The smallest absolute Gasteiger partial charge is 0.303 e. The number of carbonyl (C=O) groups excluding carboxylic acids is 2. The minimum atomic E-state index is -0.991. The zero-order valence-electron chi connectivity index (χ0n) is 15.5. The quantitative estimate of drug-likeness (QED) is 0.472. The average molecular weight is 412 g/mol. The molecule has 0 radical (unpaired) electrons. The fourth-order valence-electron chi connectivity index (χ4n) is 2.76. The van der Waals surface area contributed by atoms with E-state index in [1.165, 1.54) is 42.0 Å². The number of carboxylic acids is 1. The molecule has 0 bridgehead atoms. The van der Waals surface area contributed by atoms with Crippen molar-refractivity contribution in [2.75, 3.05) is 26.5 Å². The van der Waals surface area contributed by atoms with Gasteiger partial charge in [-0.25, -0.2) is 9.45 Å². The van der Waals surface area contributed by atoms with E-state index in [0.29, 0.717) is 10.5 Å². The number of hydrogen-bond donors (Lipinski definition) is 2. The Kier molecular flexibility index (Phi) is 7.41. The van der Waals surface area contributed by atoms with Crippen LogP contribution < -0.4 is 0 Å². The zero-order chi connectivity index (χ0) is 20.8. The van der Waals surface area contributed by atoms with E-state index in [2.05, 4.69) is 0 Å². The molecule has 1 aliphatic heterocycles. The van der Waals surface area contributed by atoms with Crippen LogP contribution >= 0.6 is 11.8 Å². The summed E-state index contributed by atoms with van der Waals surface area (Å²) in [5.41, 5.74) is 0.516. The highest BCUT2D eigenvalue weighted by Crippen LogP contribution is 2.25. The molecule has 0 spiro atoms. The molecule has 1 aliphatic rings. The summed E-state index contributed by atoms with van der Waals surface area (Å²) in [5, 5.41) is 19.7. The van der Waals surface area contributed by atoms with Gasteiger partial charge in [-0.05, 0) is 30.4 Å². The van der Waals surface area contributed by atoms with Crippen molar-refractivity contribution in [3.05, 3.63) is 40.9 Å². The normalized spacial score (nSPS) is 14.0. The molecule has 0 saturated carbocycles. The molecular weight excluding hydrogens is 391 g/mol. The molecule has 0 fully saturated rings. The van der Waals surface area contributed by atoms with Crippen molar-refractivity contribution in [3.8, 4) is 0 Å². The lowest BCUT2D eigenvalue weighted by molar-refractivity contribution is -0.175. The van der Waals surface area contributed by atoms with Gasteiger partial charge in [-0.1, -0.05) is 6.07 Å². The minimum Gasteiger partial charge on any atom is -0.503 e. The summed E-state index contributed by atoms with van der Waals surface area (Å²) in [7, 11) is 1.28. The molecule has 8 nitrogen and oxygen atoms in total. The van der Waals surface area contributed by atoms with E-state index in [0.717, 1.165) is 5.06 Å². The van der Waals surface area contributed by atoms with Gasteiger partial charge >= 0.3 is 5.97 Å². The Balaban J connectivity index is 2.12.